The number of aromatic nitrogens is 2. The SMILES string of the molecule is CC(C)(C)OC(=O)N(Cc1ccccc1)[C@@H](CO)CNc1nc(N)[nH]c(=O)c1[N+](=O)[O-]. The number of benzene rings is 1. The first-order valence-corrected chi connectivity index (χ1v) is 9.44. The van der Waals surface area contributed by atoms with Crippen molar-refractivity contribution in [3.63, 3.8) is 0 Å². The van der Waals surface area contributed by atoms with Crippen molar-refractivity contribution in [1.29, 1.82) is 0 Å². The number of amides is 1. The Labute approximate surface area is 178 Å². The van der Waals surface area contributed by atoms with E-state index in [2.05, 4.69) is 15.3 Å². The number of nitro groups is 1. The maximum atomic E-state index is 12.8. The number of aliphatic hydroxyl groups excluding tert-OH is 1. The summed E-state index contributed by atoms with van der Waals surface area (Å²) in [6.45, 7) is 4.62. The van der Waals surface area contributed by atoms with Gasteiger partial charge in [-0.2, -0.15) is 4.98 Å². The number of H-pyrrole nitrogens is 1. The molecule has 0 spiro atoms. The van der Waals surface area contributed by atoms with E-state index in [0.29, 0.717) is 0 Å². The van der Waals surface area contributed by atoms with Crippen molar-refractivity contribution in [2.75, 3.05) is 24.2 Å². The van der Waals surface area contributed by atoms with Gasteiger partial charge in [-0.05, 0) is 26.3 Å². The summed E-state index contributed by atoms with van der Waals surface area (Å²) >= 11 is 0. The lowest BCUT2D eigenvalue weighted by atomic mass is 10.1. The lowest BCUT2D eigenvalue weighted by molar-refractivity contribution is -0.385. The van der Waals surface area contributed by atoms with Crippen LogP contribution < -0.4 is 16.6 Å². The highest BCUT2D eigenvalue weighted by Crippen LogP contribution is 2.19. The third kappa shape index (κ3) is 6.67. The molecule has 1 aromatic carbocycles. The van der Waals surface area contributed by atoms with Crippen LogP contribution in [0, 0.1) is 10.1 Å². The van der Waals surface area contributed by atoms with Gasteiger partial charge in [0.25, 0.3) is 0 Å². The van der Waals surface area contributed by atoms with Gasteiger partial charge >= 0.3 is 17.3 Å². The molecular formula is C19H26N6O6. The molecule has 31 heavy (non-hydrogen) atoms. The number of nitrogens with zero attached hydrogens (tertiary/aromatic N) is 3. The number of carbonyl (C=O) groups excluding carboxylic acids is 1. The fraction of sp³-hybridized carbons (Fsp3) is 0.421. The zero-order chi connectivity index (χ0) is 23.2. The molecular weight excluding hydrogens is 408 g/mol. The summed E-state index contributed by atoms with van der Waals surface area (Å²) in [6, 6.07) is 8.21. The van der Waals surface area contributed by atoms with E-state index in [1.165, 1.54) is 4.90 Å². The number of hydrogen-bond donors (Lipinski definition) is 4. The van der Waals surface area contributed by atoms with Crippen LogP contribution in [0.5, 0.6) is 0 Å². The molecule has 0 unspecified atom stereocenters. The summed E-state index contributed by atoms with van der Waals surface area (Å²) in [5.41, 5.74) is 3.65. The predicted molar refractivity (Wildman–Crippen MR) is 114 cm³/mol. The number of ether oxygens (including phenoxy) is 1. The number of aromatic amines is 1. The normalized spacial score (nSPS) is 12.1. The average Bonchev–Trinajstić information content (AvgIpc) is 2.66. The maximum absolute atomic E-state index is 12.8. The van der Waals surface area contributed by atoms with Crippen molar-refractivity contribution in [1.82, 2.24) is 14.9 Å². The topological polar surface area (TPSA) is 177 Å². The van der Waals surface area contributed by atoms with Crippen LogP contribution >= 0.6 is 0 Å². The Morgan fingerprint density at radius 2 is 2.03 bits per heavy atom. The molecule has 1 aromatic heterocycles. The van der Waals surface area contributed by atoms with Gasteiger partial charge in [0.2, 0.25) is 11.8 Å². The largest absolute Gasteiger partial charge is 0.444 e. The summed E-state index contributed by atoms with van der Waals surface area (Å²) in [6.07, 6.45) is -0.676. The molecule has 2 aromatic rings. The molecule has 0 fully saturated rings. The molecule has 0 radical (unpaired) electrons. The summed E-state index contributed by atoms with van der Waals surface area (Å²) in [4.78, 5) is 42.2. The first-order chi connectivity index (χ1) is 14.5. The van der Waals surface area contributed by atoms with Crippen LogP contribution in [0.2, 0.25) is 0 Å². The molecule has 0 saturated carbocycles. The van der Waals surface area contributed by atoms with Crippen LogP contribution in [-0.4, -0.2) is 55.8 Å². The van der Waals surface area contributed by atoms with Crippen LogP contribution in [0.4, 0.5) is 22.2 Å². The molecule has 12 nitrogen and oxygen atoms in total. The number of anilines is 2. The van der Waals surface area contributed by atoms with Gasteiger partial charge in [0.1, 0.15) is 5.60 Å². The zero-order valence-electron chi connectivity index (χ0n) is 17.5. The minimum atomic E-state index is -1.02. The summed E-state index contributed by atoms with van der Waals surface area (Å²) in [5, 5.41) is 23.8. The van der Waals surface area contributed by atoms with Gasteiger partial charge in [-0.3, -0.25) is 24.8 Å². The summed E-state index contributed by atoms with van der Waals surface area (Å²) in [5.74, 6) is -0.680. The van der Waals surface area contributed by atoms with Gasteiger partial charge in [-0.25, -0.2) is 4.79 Å². The Morgan fingerprint density at radius 1 is 1.39 bits per heavy atom. The van der Waals surface area contributed by atoms with E-state index in [-0.39, 0.29) is 24.9 Å². The monoisotopic (exact) mass is 434 g/mol. The van der Waals surface area contributed by atoms with Crippen molar-refractivity contribution >= 4 is 23.5 Å². The molecule has 1 amide bonds. The Kier molecular flexibility index (Phi) is 7.53. The molecule has 168 valence electrons. The van der Waals surface area contributed by atoms with Crippen molar-refractivity contribution in [3.05, 3.63) is 56.4 Å². The van der Waals surface area contributed by atoms with Gasteiger partial charge < -0.3 is 20.9 Å². The van der Waals surface area contributed by atoms with E-state index >= 15 is 0 Å². The molecule has 0 aliphatic carbocycles. The van der Waals surface area contributed by atoms with Gasteiger partial charge in [-0.15, -0.1) is 0 Å². The van der Waals surface area contributed by atoms with Crippen molar-refractivity contribution < 1.29 is 19.6 Å². The fourth-order valence-corrected chi connectivity index (χ4v) is 2.71. The van der Waals surface area contributed by atoms with Crippen LogP contribution in [0.3, 0.4) is 0 Å². The molecule has 1 atom stereocenters. The lowest BCUT2D eigenvalue weighted by Gasteiger charge is -2.33. The van der Waals surface area contributed by atoms with E-state index in [1.54, 1.807) is 32.9 Å². The third-order valence-corrected chi connectivity index (χ3v) is 4.08. The second-order valence-corrected chi connectivity index (χ2v) is 7.72. The number of carbonyl (C=O) groups is 1. The van der Waals surface area contributed by atoms with Crippen LogP contribution in [0.1, 0.15) is 26.3 Å². The van der Waals surface area contributed by atoms with Gasteiger partial charge in [0.15, 0.2) is 0 Å². The minimum absolute atomic E-state index is 0.121. The predicted octanol–water partition coefficient (Wildman–Crippen LogP) is 1.47. The highest BCUT2D eigenvalue weighted by molar-refractivity contribution is 5.69. The molecule has 0 bridgehead atoms. The van der Waals surface area contributed by atoms with Crippen molar-refractivity contribution in [3.8, 4) is 0 Å². The smallest absolute Gasteiger partial charge is 0.410 e. The third-order valence-electron chi connectivity index (χ3n) is 4.08. The minimum Gasteiger partial charge on any atom is -0.444 e. The molecule has 0 saturated heterocycles. The molecule has 0 aliphatic heterocycles. The fourth-order valence-electron chi connectivity index (χ4n) is 2.71. The molecule has 12 heteroatoms. The Bertz CT molecular complexity index is 972. The number of aliphatic hydroxyl groups is 1. The van der Waals surface area contributed by atoms with E-state index < -0.39 is 40.5 Å². The van der Waals surface area contributed by atoms with Crippen LogP contribution in [0.15, 0.2) is 35.1 Å². The van der Waals surface area contributed by atoms with E-state index in [1.807, 2.05) is 18.2 Å². The number of hydrogen-bond acceptors (Lipinski definition) is 9. The summed E-state index contributed by atoms with van der Waals surface area (Å²) in [7, 11) is 0. The molecule has 5 N–H and O–H groups in total. The second kappa shape index (κ2) is 9.89. The standard InChI is InChI=1S/C19H26N6O6/c1-19(2,3)31-18(28)24(10-12-7-5-4-6-8-12)13(11-26)9-21-15-14(25(29)30)16(27)23-17(20)22-15/h4-8,13,26H,9-11H2,1-3H3,(H4,20,21,22,23,27)/t13-/m1/s1. The maximum Gasteiger partial charge on any atom is 0.410 e. The average molecular weight is 434 g/mol. The second-order valence-electron chi connectivity index (χ2n) is 7.72. The number of nitrogens with two attached hydrogens (primary N) is 1. The molecule has 1 heterocycles. The van der Waals surface area contributed by atoms with Gasteiger partial charge in [-0.1, -0.05) is 30.3 Å². The highest BCUT2D eigenvalue weighted by atomic mass is 16.6. The van der Waals surface area contributed by atoms with Gasteiger partial charge in [0, 0.05) is 13.1 Å². The van der Waals surface area contributed by atoms with Crippen LogP contribution in [-0.2, 0) is 11.3 Å². The highest BCUT2D eigenvalue weighted by Gasteiger charge is 2.30. The van der Waals surface area contributed by atoms with Crippen molar-refractivity contribution in [2.24, 2.45) is 0 Å². The molecule has 0 aliphatic rings. The van der Waals surface area contributed by atoms with Crippen LogP contribution in [0.25, 0.3) is 0 Å². The first kappa shape index (κ1) is 23.6. The Balaban J connectivity index is 2.30. The summed E-state index contributed by atoms with van der Waals surface area (Å²) < 4.78 is 5.46. The lowest BCUT2D eigenvalue weighted by Crippen LogP contribution is -2.48. The quantitative estimate of drug-likeness (QED) is 0.354. The van der Waals surface area contributed by atoms with Crippen molar-refractivity contribution in [2.45, 2.75) is 39.0 Å². The Morgan fingerprint density at radius 3 is 2.58 bits per heavy atom. The van der Waals surface area contributed by atoms with E-state index in [9.17, 15) is 24.8 Å². The number of nitrogens with one attached hydrogen (secondary N) is 2. The number of rotatable bonds is 8. The molecule has 2 rings (SSSR count). The Hall–Kier alpha value is -3.67. The zero-order valence-corrected chi connectivity index (χ0v) is 17.5. The van der Waals surface area contributed by atoms with E-state index in [4.69, 9.17) is 10.5 Å². The first-order valence-electron chi connectivity index (χ1n) is 9.44. The van der Waals surface area contributed by atoms with Gasteiger partial charge in [0.05, 0.1) is 17.6 Å². The number of nitrogen functional groups attached to an aromatic ring is 1. The van der Waals surface area contributed by atoms with E-state index in [0.717, 1.165) is 5.56 Å².